The molecule has 1 saturated carbocycles. The second kappa shape index (κ2) is 6.02. The van der Waals surface area contributed by atoms with Crippen LogP contribution in [0.3, 0.4) is 0 Å². The van der Waals surface area contributed by atoms with Gasteiger partial charge in [-0.1, -0.05) is 13.3 Å². The molecule has 1 aliphatic carbocycles. The molecule has 1 saturated heterocycles. The number of carbonyl (C=O) groups is 1. The minimum Gasteiger partial charge on any atom is -0.481 e. The highest BCUT2D eigenvalue weighted by atomic mass is 16.5. The molecular weight excluding hydrogens is 230 g/mol. The summed E-state index contributed by atoms with van der Waals surface area (Å²) in [6.45, 7) is 3.79. The fourth-order valence-electron chi connectivity index (χ4n) is 3.45. The summed E-state index contributed by atoms with van der Waals surface area (Å²) < 4.78 is 5.43. The van der Waals surface area contributed by atoms with Crippen LogP contribution in [0.25, 0.3) is 0 Å². The summed E-state index contributed by atoms with van der Waals surface area (Å²) in [5.41, 5.74) is 0. The molecule has 4 heteroatoms. The van der Waals surface area contributed by atoms with Crippen LogP contribution < -0.4 is 0 Å². The van der Waals surface area contributed by atoms with Crippen LogP contribution in [-0.2, 0) is 9.53 Å². The van der Waals surface area contributed by atoms with E-state index >= 15 is 0 Å². The van der Waals surface area contributed by atoms with E-state index in [0.717, 1.165) is 45.3 Å². The highest BCUT2D eigenvalue weighted by Crippen LogP contribution is 2.35. The largest absolute Gasteiger partial charge is 0.481 e. The van der Waals surface area contributed by atoms with Gasteiger partial charge in [-0.3, -0.25) is 9.69 Å². The lowest BCUT2D eigenvalue weighted by Crippen LogP contribution is -2.49. The molecule has 0 spiro atoms. The number of hydrogen-bond acceptors (Lipinski definition) is 3. The van der Waals surface area contributed by atoms with Gasteiger partial charge < -0.3 is 9.84 Å². The second-order valence-electron chi connectivity index (χ2n) is 5.78. The first kappa shape index (κ1) is 13.8. The van der Waals surface area contributed by atoms with E-state index in [0.29, 0.717) is 12.0 Å². The quantitative estimate of drug-likeness (QED) is 0.834. The molecule has 4 nitrogen and oxygen atoms in total. The summed E-state index contributed by atoms with van der Waals surface area (Å²) in [5.74, 6) is -0.130. The van der Waals surface area contributed by atoms with Crippen molar-refractivity contribution in [1.82, 2.24) is 4.90 Å². The second-order valence-corrected chi connectivity index (χ2v) is 5.78. The zero-order valence-electron chi connectivity index (χ0n) is 11.5. The smallest absolute Gasteiger partial charge is 0.308 e. The summed E-state index contributed by atoms with van der Waals surface area (Å²) in [4.78, 5) is 13.7. The Balaban J connectivity index is 2.05. The highest BCUT2D eigenvalue weighted by molar-refractivity contribution is 5.71. The van der Waals surface area contributed by atoms with Gasteiger partial charge in [0.15, 0.2) is 0 Å². The van der Waals surface area contributed by atoms with Crippen LogP contribution in [0.2, 0.25) is 0 Å². The van der Waals surface area contributed by atoms with Crippen LogP contribution in [0.15, 0.2) is 0 Å². The lowest BCUT2D eigenvalue weighted by Gasteiger charge is -2.41. The summed E-state index contributed by atoms with van der Waals surface area (Å²) >= 11 is 0. The van der Waals surface area contributed by atoms with Crippen LogP contribution in [0.1, 0.15) is 39.0 Å². The van der Waals surface area contributed by atoms with Crippen LogP contribution >= 0.6 is 0 Å². The van der Waals surface area contributed by atoms with Crippen molar-refractivity contribution in [3.63, 3.8) is 0 Å². The van der Waals surface area contributed by atoms with Crippen LogP contribution in [0, 0.1) is 11.8 Å². The van der Waals surface area contributed by atoms with Gasteiger partial charge in [0.05, 0.1) is 12.5 Å². The van der Waals surface area contributed by atoms with E-state index in [-0.39, 0.29) is 12.0 Å². The molecule has 0 aromatic carbocycles. The minimum absolute atomic E-state index is 0.188. The molecule has 0 radical (unpaired) electrons. The van der Waals surface area contributed by atoms with Gasteiger partial charge in [-0.25, -0.2) is 0 Å². The highest BCUT2D eigenvalue weighted by Gasteiger charge is 2.39. The number of likely N-dealkylation sites (N-methyl/N-ethyl adjacent to an activating group) is 1. The zero-order valence-corrected chi connectivity index (χ0v) is 11.5. The Morgan fingerprint density at radius 2 is 2.17 bits per heavy atom. The van der Waals surface area contributed by atoms with Crippen molar-refractivity contribution in [3.8, 4) is 0 Å². The summed E-state index contributed by atoms with van der Waals surface area (Å²) in [5, 5.41) is 9.40. The Hall–Kier alpha value is -0.610. The molecule has 1 heterocycles. The molecule has 18 heavy (non-hydrogen) atoms. The number of aliphatic carboxylic acids is 1. The van der Waals surface area contributed by atoms with Crippen molar-refractivity contribution < 1.29 is 14.6 Å². The van der Waals surface area contributed by atoms with Gasteiger partial charge in [0.25, 0.3) is 0 Å². The normalized spacial score (nSPS) is 37.1. The van der Waals surface area contributed by atoms with Crippen LogP contribution in [0.4, 0.5) is 0 Å². The minimum atomic E-state index is -0.625. The Labute approximate surface area is 109 Å². The number of nitrogens with zero attached hydrogens (tertiary/aromatic N) is 1. The fraction of sp³-hybridized carbons (Fsp3) is 0.929. The number of carboxylic acids is 1. The molecule has 104 valence electrons. The van der Waals surface area contributed by atoms with Crippen molar-refractivity contribution in [2.75, 3.05) is 20.3 Å². The van der Waals surface area contributed by atoms with E-state index in [4.69, 9.17) is 4.74 Å². The standard InChI is InChI=1S/C14H25NO3/c1-3-10-4-5-12(14(16)17)13(8-10)15(2)11-6-7-18-9-11/h10-13H,3-9H2,1-2H3,(H,16,17). The first-order valence-electron chi connectivity index (χ1n) is 7.16. The Bertz CT molecular complexity index is 289. The molecule has 4 atom stereocenters. The van der Waals surface area contributed by atoms with Crippen LogP contribution in [0.5, 0.6) is 0 Å². The predicted molar refractivity (Wildman–Crippen MR) is 69.5 cm³/mol. The van der Waals surface area contributed by atoms with Crippen LogP contribution in [-0.4, -0.2) is 48.3 Å². The average Bonchev–Trinajstić information content (AvgIpc) is 2.90. The molecule has 2 aliphatic rings. The number of rotatable bonds is 4. The average molecular weight is 255 g/mol. The molecule has 1 N–H and O–H groups in total. The van der Waals surface area contributed by atoms with E-state index in [1.165, 1.54) is 0 Å². The molecule has 0 bridgehead atoms. The zero-order chi connectivity index (χ0) is 13.1. The monoisotopic (exact) mass is 255 g/mol. The van der Waals surface area contributed by atoms with Gasteiger partial charge >= 0.3 is 5.97 Å². The van der Waals surface area contributed by atoms with Gasteiger partial charge in [0.2, 0.25) is 0 Å². The lowest BCUT2D eigenvalue weighted by atomic mass is 9.76. The van der Waals surface area contributed by atoms with Gasteiger partial charge in [-0.05, 0) is 38.6 Å². The number of carboxylic acid groups (broad SMARTS) is 1. The molecule has 2 rings (SSSR count). The van der Waals surface area contributed by atoms with E-state index in [2.05, 4.69) is 18.9 Å². The maximum absolute atomic E-state index is 11.4. The van der Waals surface area contributed by atoms with Gasteiger partial charge in [-0.15, -0.1) is 0 Å². The third-order valence-electron chi connectivity index (χ3n) is 4.82. The van der Waals surface area contributed by atoms with E-state index in [1.807, 2.05) is 0 Å². The molecule has 0 amide bonds. The van der Waals surface area contributed by atoms with Gasteiger partial charge in [-0.2, -0.15) is 0 Å². The first-order chi connectivity index (χ1) is 8.63. The maximum atomic E-state index is 11.4. The molecule has 4 unspecified atom stereocenters. The molecular formula is C14H25NO3. The van der Waals surface area contributed by atoms with Crippen molar-refractivity contribution in [1.29, 1.82) is 0 Å². The molecule has 0 aromatic heterocycles. The SMILES string of the molecule is CCC1CCC(C(=O)O)C(N(C)C2CCOC2)C1. The van der Waals surface area contributed by atoms with Crippen molar-refractivity contribution in [3.05, 3.63) is 0 Å². The Morgan fingerprint density at radius 3 is 2.72 bits per heavy atom. The Morgan fingerprint density at radius 1 is 1.39 bits per heavy atom. The Kier molecular flexibility index (Phi) is 4.62. The van der Waals surface area contributed by atoms with Crippen molar-refractivity contribution >= 4 is 5.97 Å². The lowest BCUT2D eigenvalue weighted by molar-refractivity contribution is -0.146. The van der Waals surface area contributed by atoms with Crippen molar-refractivity contribution in [2.45, 2.75) is 51.1 Å². The van der Waals surface area contributed by atoms with E-state index in [1.54, 1.807) is 0 Å². The number of ether oxygens (including phenoxy) is 1. The van der Waals surface area contributed by atoms with Crippen molar-refractivity contribution in [2.24, 2.45) is 11.8 Å². The summed E-state index contributed by atoms with van der Waals surface area (Å²) in [6, 6.07) is 0.598. The topological polar surface area (TPSA) is 49.8 Å². The maximum Gasteiger partial charge on any atom is 0.308 e. The summed E-state index contributed by atoms with van der Waals surface area (Å²) in [6.07, 6.45) is 5.13. The predicted octanol–water partition coefficient (Wildman–Crippen LogP) is 1.99. The van der Waals surface area contributed by atoms with Gasteiger partial charge in [0.1, 0.15) is 0 Å². The number of hydrogen-bond donors (Lipinski definition) is 1. The van der Waals surface area contributed by atoms with E-state index in [9.17, 15) is 9.90 Å². The first-order valence-corrected chi connectivity index (χ1v) is 7.16. The fourth-order valence-corrected chi connectivity index (χ4v) is 3.45. The van der Waals surface area contributed by atoms with E-state index < -0.39 is 5.97 Å². The van der Waals surface area contributed by atoms with Gasteiger partial charge in [0, 0.05) is 18.7 Å². The molecule has 1 aliphatic heterocycles. The summed E-state index contributed by atoms with van der Waals surface area (Å²) in [7, 11) is 2.08. The third kappa shape index (κ3) is 2.86. The third-order valence-corrected chi connectivity index (χ3v) is 4.82. The molecule has 2 fully saturated rings. The molecule has 0 aromatic rings.